The molecule has 1 N–H and O–H groups in total. The third kappa shape index (κ3) is 4.34. The summed E-state index contributed by atoms with van der Waals surface area (Å²) in [6.45, 7) is 2.77. The standard InChI is InChI=1S/C24H27FN4O3S/c25-18-10-11-21(28-12-4-1-5-13-28)20(15-18)26-24(30)17-7-6-14-29(16-17)23-19-8-2-3-9-22(19)33(31,32)27-23/h2-3,8-11,15,17H,1,4-7,12-14,16H2,(H,26,30). The summed E-state index contributed by atoms with van der Waals surface area (Å²) >= 11 is 0. The predicted molar refractivity (Wildman–Crippen MR) is 126 cm³/mol. The van der Waals surface area contributed by atoms with E-state index in [1.807, 2.05) is 4.90 Å². The predicted octanol–water partition coefficient (Wildman–Crippen LogP) is 3.62. The maximum Gasteiger partial charge on any atom is 0.285 e. The summed E-state index contributed by atoms with van der Waals surface area (Å²) in [5, 5.41) is 2.96. The number of hydrogen-bond donors (Lipinski definition) is 1. The quantitative estimate of drug-likeness (QED) is 0.741. The van der Waals surface area contributed by atoms with Crippen molar-refractivity contribution in [3.05, 3.63) is 53.8 Å². The first-order chi connectivity index (χ1) is 15.9. The zero-order chi connectivity index (χ0) is 23.0. The summed E-state index contributed by atoms with van der Waals surface area (Å²) in [5.41, 5.74) is 1.92. The number of rotatable bonds is 3. The van der Waals surface area contributed by atoms with E-state index < -0.39 is 15.8 Å². The number of nitrogens with one attached hydrogen (secondary N) is 1. The molecule has 7 nitrogen and oxygen atoms in total. The average Bonchev–Trinajstić information content (AvgIpc) is 3.11. The van der Waals surface area contributed by atoms with Crippen LogP contribution in [0.5, 0.6) is 0 Å². The lowest BCUT2D eigenvalue weighted by Gasteiger charge is -2.34. The van der Waals surface area contributed by atoms with Crippen molar-refractivity contribution >= 4 is 33.1 Å². The lowest BCUT2D eigenvalue weighted by atomic mass is 9.96. The van der Waals surface area contributed by atoms with Gasteiger partial charge in [0, 0.05) is 31.7 Å². The van der Waals surface area contributed by atoms with Gasteiger partial charge in [-0.2, -0.15) is 8.42 Å². The second-order valence-corrected chi connectivity index (χ2v) is 10.4. The number of amides is 1. The third-order valence-electron chi connectivity index (χ3n) is 6.62. The Labute approximate surface area is 193 Å². The SMILES string of the molecule is O=C(Nc1cc(F)ccc1N1CCCCC1)C1CCCN(C2=NS(=O)(=O)c3ccccc32)C1. The maximum absolute atomic E-state index is 14.0. The van der Waals surface area contributed by atoms with Crippen LogP contribution < -0.4 is 10.2 Å². The molecular formula is C24H27FN4O3S. The molecule has 1 amide bonds. The largest absolute Gasteiger partial charge is 0.370 e. The van der Waals surface area contributed by atoms with Gasteiger partial charge >= 0.3 is 0 Å². The third-order valence-corrected chi connectivity index (χ3v) is 7.94. The molecule has 33 heavy (non-hydrogen) atoms. The number of benzene rings is 2. The molecule has 3 heterocycles. The molecule has 3 aliphatic rings. The van der Waals surface area contributed by atoms with Gasteiger partial charge in [0.2, 0.25) is 5.91 Å². The molecule has 0 radical (unpaired) electrons. The molecule has 3 aliphatic heterocycles. The highest BCUT2D eigenvalue weighted by Crippen LogP contribution is 2.32. The number of anilines is 2. The summed E-state index contributed by atoms with van der Waals surface area (Å²) in [6, 6.07) is 11.3. The van der Waals surface area contributed by atoms with Crippen molar-refractivity contribution in [1.82, 2.24) is 4.90 Å². The van der Waals surface area contributed by atoms with Crippen LogP contribution in [-0.4, -0.2) is 51.2 Å². The van der Waals surface area contributed by atoms with E-state index in [0.29, 0.717) is 36.6 Å². The number of carbonyl (C=O) groups is 1. The van der Waals surface area contributed by atoms with Gasteiger partial charge in [-0.15, -0.1) is 4.40 Å². The summed E-state index contributed by atoms with van der Waals surface area (Å²) in [7, 11) is -3.71. The van der Waals surface area contributed by atoms with Crippen molar-refractivity contribution in [2.45, 2.75) is 37.0 Å². The van der Waals surface area contributed by atoms with E-state index in [9.17, 15) is 17.6 Å². The molecule has 0 saturated carbocycles. The highest BCUT2D eigenvalue weighted by molar-refractivity contribution is 7.90. The van der Waals surface area contributed by atoms with Crippen molar-refractivity contribution in [2.75, 3.05) is 36.4 Å². The van der Waals surface area contributed by atoms with E-state index in [-0.39, 0.29) is 16.7 Å². The highest BCUT2D eigenvalue weighted by Gasteiger charge is 2.35. The minimum absolute atomic E-state index is 0.182. The van der Waals surface area contributed by atoms with Gasteiger partial charge in [-0.25, -0.2) is 4.39 Å². The lowest BCUT2D eigenvalue weighted by Crippen LogP contribution is -2.44. The van der Waals surface area contributed by atoms with E-state index >= 15 is 0 Å². The van der Waals surface area contributed by atoms with Crippen molar-refractivity contribution in [1.29, 1.82) is 0 Å². The molecule has 9 heteroatoms. The van der Waals surface area contributed by atoms with Crippen LogP contribution in [0.1, 0.15) is 37.7 Å². The normalized spacial score (nSPS) is 22.0. The second-order valence-electron chi connectivity index (χ2n) is 8.87. The van der Waals surface area contributed by atoms with Gasteiger partial charge in [-0.3, -0.25) is 4.79 Å². The molecule has 2 fully saturated rings. The van der Waals surface area contributed by atoms with Crippen LogP contribution in [0.4, 0.5) is 15.8 Å². The molecular weight excluding hydrogens is 443 g/mol. The van der Waals surface area contributed by atoms with Gasteiger partial charge in [-0.1, -0.05) is 12.1 Å². The van der Waals surface area contributed by atoms with Crippen LogP contribution in [0.25, 0.3) is 0 Å². The first-order valence-electron chi connectivity index (χ1n) is 11.5. The number of amidine groups is 1. The zero-order valence-corrected chi connectivity index (χ0v) is 19.2. The number of piperidine rings is 2. The Hall–Kier alpha value is -2.94. The summed E-state index contributed by atoms with van der Waals surface area (Å²) in [5.74, 6) is -0.519. The zero-order valence-electron chi connectivity index (χ0n) is 18.3. The van der Waals surface area contributed by atoms with Gasteiger partial charge in [0.15, 0.2) is 5.84 Å². The van der Waals surface area contributed by atoms with Crippen molar-refractivity contribution in [3.8, 4) is 0 Å². The minimum atomic E-state index is -3.71. The molecule has 0 spiro atoms. The number of sulfonamides is 1. The Morgan fingerprint density at radius 1 is 1.00 bits per heavy atom. The minimum Gasteiger partial charge on any atom is -0.370 e. The molecule has 2 aromatic rings. The lowest BCUT2D eigenvalue weighted by molar-refractivity contribution is -0.121. The van der Waals surface area contributed by atoms with Crippen LogP contribution in [0.2, 0.25) is 0 Å². The molecule has 1 unspecified atom stereocenters. The fraction of sp³-hybridized carbons (Fsp3) is 0.417. The van der Waals surface area contributed by atoms with E-state index in [2.05, 4.69) is 14.6 Å². The molecule has 0 bridgehead atoms. The molecule has 174 valence electrons. The second kappa shape index (κ2) is 8.78. The topological polar surface area (TPSA) is 82.1 Å². The molecule has 2 saturated heterocycles. The van der Waals surface area contributed by atoms with E-state index in [0.717, 1.165) is 38.0 Å². The van der Waals surface area contributed by atoms with Crippen LogP contribution in [0, 0.1) is 11.7 Å². The maximum atomic E-state index is 14.0. The number of nitrogens with zero attached hydrogens (tertiary/aromatic N) is 3. The fourth-order valence-electron chi connectivity index (χ4n) is 4.95. The van der Waals surface area contributed by atoms with Crippen LogP contribution >= 0.6 is 0 Å². The van der Waals surface area contributed by atoms with Gasteiger partial charge < -0.3 is 15.1 Å². The van der Waals surface area contributed by atoms with E-state index in [4.69, 9.17) is 0 Å². The van der Waals surface area contributed by atoms with Gasteiger partial charge in [0.05, 0.1) is 17.3 Å². The molecule has 1 atom stereocenters. The van der Waals surface area contributed by atoms with Crippen molar-refractivity contribution in [3.63, 3.8) is 0 Å². The van der Waals surface area contributed by atoms with E-state index in [1.165, 1.54) is 18.6 Å². The Bertz CT molecular complexity index is 1210. The first-order valence-corrected chi connectivity index (χ1v) is 12.9. The van der Waals surface area contributed by atoms with E-state index in [1.54, 1.807) is 30.3 Å². The fourth-order valence-corrected chi connectivity index (χ4v) is 6.18. The monoisotopic (exact) mass is 470 g/mol. The molecule has 5 rings (SSSR count). The Balaban J connectivity index is 1.34. The van der Waals surface area contributed by atoms with Crippen LogP contribution in [-0.2, 0) is 14.8 Å². The number of likely N-dealkylation sites (tertiary alicyclic amines) is 1. The van der Waals surface area contributed by atoms with Gasteiger partial charge in [0.1, 0.15) is 10.7 Å². The number of halogens is 1. The van der Waals surface area contributed by atoms with Crippen LogP contribution in [0.15, 0.2) is 51.8 Å². The van der Waals surface area contributed by atoms with Gasteiger partial charge in [0.25, 0.3) is 10.0 Å². The van der Waals surface area contributed by atoms with Crippen molar-refractivity contribution in [2.24, 2.45) is 10.3 Å². The molecule has 2 aromatic carbocycles. The summed E-state index contributed by atoms with van der Waals surface area (Å²) in [4.78, 5) is 17.5. The van der Waals surface area contributed by atoms with Crippen LogP contribution in [0.3, 0.4) is 0 Å². The Morgan fingerprint density at radius 3 is 2.58 bits per heavy atom. The summed E-state index contributed by atoms with van der Waals surface area (Å²) < 4.78 is 42.9. The average molecular weight is 471 g/mol. The number of fused-ring (bicyclic) bond motifs is 1. The summed E-state index contributed by atoms with van der Waals surface area (Å²) in [6.07, 6.45) is 4.75. The number of hydrogen-bond acceptors (Lipinski definition) is 5. The molecule has 0 aromatic heterocycles. The Kier molecular flexibility index (Phi) is 5.82. The number of carbonyl (C=O) groups excluding carboxylic acids is 1. The smallest absolute Gasteiger partial charge is 0.285 e. The highest BCUT2D eigenvalue weighted by atomic mass is 32.2. The van der Waals surface area contributed by atoms with Gasteiger partial charge in [-0.05, 0) is 62.4 Å². The first kappa shape index (κ1) is 21.9. The molecule has 0 aliphatic carbocycles. The van der Waals surface area contributed by atoms with Crippen molar-refractivity contribution < 1.29 is 17.6 Å². The Morgan fingerprint density at radius 2 is 1.76 bits per heavy atom.